The van der Waals surface area contributed by atoms with Crippen molar-refractivity contribution in [3.8, 4) is 5.75 Å². The van der Waals surface area contributed by atoms with Crippen LogP contribution in [0.4, 0.5) is 5.69 Å². The standard InChI is InChI=1S/C9H11NO/c10-8-5-1-3-7-4-2-6-11-9(7)8/h1,3,5H,2,4,6,10H2. The number of rotatable bonds is 0. The number of para-hydroxylation sites is 1. The molecule has 2 heteroatoms. The van der Waals surface area contributed by atoms with Gasteiger partial charge in [-0.05, 0) is 24.5 Å². The minimum absolute atomic E-state index is 0.766. The van der Waals surface area contributed by atoms with E-state index in [1.165, 1.54) is 5.56 Å². The van der Waals surface area contributed by atoms with E-state index in [-0.39, 0.29) is 0 Å². The average Bonchev–Trinajstić information content (AvgIpc) is 2.06. The second-order valence-corrected chi connectivity index (χ2v) is 2.79. The molecule has 1 aromatic carbocycles. The molecule has 0 unspecified atom stereocenters. The molecule has 0 atom stereocenters. The first-order valence-electron chi connectivity index (χ1n) is 3.88. The van der Waals surface area contributed by atoms with Crippen molar-refractivity contribution in [3.63, 3.8) is 0 Å². The first-order valence-corrected chi connectivity index (χ1v) is 3.88. The lowest BCUT2D eigenvalue weighted by Crippen LogP contribution is -2.09. The van der Waals surface area contributed by atoms with Gasteiger partial charge in [-0.15, -0.1) is 0 Å². The summed E-state index contributed by atoms with van der Waals surface area (Å²) in [6.07, 6.45) is 2.21. The lowest BCUT2D eigenvalue weighted by atomic mass is 10.1. The summed E-state index contributed by atoms with van der Waals surface area (Å²) in [5.74, 6) is 0.902. The molecule has 0 spiro atoms. The molecule has 0 aromatic heterocycles. The van der Waals surface area contributed by atoms with Crippen LogP contribution < -0.4 is 10.5 Å². The van der Waals surface area contributed by atoms with Gasteiger partial charge >= 0.3 is 0 Å². The molecule has 0 saturated heterocycles. The maximum absolute atomic E-state index is 5.72. The topological polar surface area (TPSA) is 35.2 Å². The maximum Gasteiger partial charge on any atom is 0.145 e. The van der Waals surface area contributed by atoms with Crippen molar-refractivity contribution in [2.75, 3.05) is 12.3 Å². The molecule has 58 valence electrons. The van der Waals surface area contributed by atoms with Crippen LogP contribution in [0.5, 0.6) is 5.75 Å². The number of nitrogens with two attached hydrogens (primary N) is 1. The molecular formula is C9H11NO. The highest BCUT2D eigenvalue weighted by Crippen LogP contribution is 2.30. The molecule has 1 aliphatic rings. The van der Waals surface area contributed by atoms with Gasteiger partial charge in [0.15, 0.2) is 0 Å². The fourth-order valence-corrected chi connectivity index (χ4v) is 1.41. The van der Waals surface area contributed by atoms with E-state index in [0.29, 0.717) is 0 Å². The molecule has 0 radical (unpaired) electrons. The quantitative estimate of drug-likeness (QED) is 0.568. The molecule has 0 aliphatic carbocycles. The Bertz CT molecular complexity index is 270. The zero-order chi connectivity index (χ0) is 7.68. The van der Waals surface area contributed by atoms with Crippen LogP contribution in [-0.4, -0.2) is 6.61 Å². The van der Waals surface area contributed by atoms with E-state index < -0.39 is 0 Å². The number of benzene rings is 1. The summed E-state index contributed by atoms with van der Waals surface area (Å²) in [6, 6.07) is 5.93. The zero-order valence-corrected chi connectivity index (χ0v) is 6.34. The number of hydrogen-bond donors (Lipinski definition) is 1. The van der Waals surface area contributed by atoms with Gasteiger partial charge in [0.1, 0.15) is 5.75 Å². The number of fused-ring (bicyclic) bond motifs is 1. The largest absolute Gasteiger partial charge is 0.491 e. The first kappa shape index (κ1) is 6.53. The van der Waals surface area contributed by atoms with Gasteiger partial charge in [-0.25, -0.2) is 0 Å². The van der Waals surface area contributed by atoms with Crippen molar-refractivity contribution in [1.82, 2.24) is 0 Å². The third-order valence-corrected chi connectivity index (χ3v) is 1.96. The summed E-state index contributed by atoms with van der Waals surface area (Å²) in [7, 11) is 0. The Labute approximate surface area is 66.0 Å². The van der Waals surface area contributed by atoms with E-state index in [9.17, 15) is 0 Å². The highest BCUT2D eigenvalue weighted by Gasteiger charge is 2.11. The number of nitrogen functional groups attached to an aromatic ring is 1. The van der Waals surface area contributed by atoms with E-state index in [1.54, 1.807) is 0 Å². The summed E-state index contributed by atoms with van der Waals surface area (Å²) in [6.45, 7) is 0.807. The van der Waals surface area contributed by atoms with Crippen LogP contribution in [0.3, 0.4) is 0 Å². The van der Waals surface area contributed by atoms with Crippen LogP contribution >= 0.6 is 0 Å². The molecule has 0 bridgehead atoms. The van der Waals surface area contributed by atoms with Crippen LogP contribution in [0.15, 0.2) is 18.2 Å². The van der Waals surface area contributed by atoms with Crippen molar-refractivity contribution >= 4 is 5.69 Å². The van der Waals surface area contributed by atoms with Crippen LogP contribution in [-0.2, 0) is 6.42 Å². The third kappa shape index (κ3) is 1.04. The molecule has 0 saturated carbocycles. The Balaban J connectivity index is 2.49. The summed E-state index contributed by atoms with van der Waals surface area (Å²) in [5.41, 5.74) is 7.73. The smallest absolute Gasteiger partial charge is 0.145 e. The van der Waals surface area contributed by atoms with Gasteiger partial charge in [0, 0.05) is 0 Å². The minimum Gasteiger partial charge on any atom is -0.491 e. The maximum atomic E-state index is 5.72. The van der Waals surface area contributed by atoms with E-state index in [1.807, 2.05) is 12.1 Å². The summed E-state index contributed by atoms with van der Waals surface area (Å²) in [4.78, 5) is 0. The van der Waals surface area contributed by atoms with E-state index in [0.717, 1.165) is 30.9 Å². The lowest BCUT2D eigenvalue weighted by Gasteiger charge is -2.18. The molecule has 0 amide bonds. The normalized spacial score (nSPS) is 15.3. The highest BCUT2D eigenvalue weighted by atomic mass is 16.5. The van der Waals surface area contributed by atoms with Gasteiger partial charge in [-0.1, -0.05) is 12.1 Å². The lowest BCUT2D eigenvalue weighted by molar-refractivity contribution is 0.290. The molecular weight excluding hydrogens is 138 g/mol. The minimum atomic E-state index is 0.766. The molecule has 1 heterocycles. The molecule has 2 nitrogen and oxygen atoms in total. The molecule has 1 aromatic rings. The number of hydrogen-bond acceptors (Lipinski definition) is 2. The van der Waals surface area contributed by atoms with Crippen molar-refractivity contribution < 1.29 is 4.74 Å². The van der Waals surface area contributed by atoms with Gasteiger partial charge in [0.25, 0.3) is 0 Å². The summed E-state index contributed by atoms with van der Waals surface area (Å²) < 4.78 is 5.43. The van der Waals surface area contributed by atoms with E-state index in [2.05, 4.69) is 6.07 Å². The predicted molar refractivity (Wildman–Crippen MR) is 44.7 cm³/mol. The van der Waals surface area contributed by atoms with Crippen molar-refractivity contribution in [1.29, 1.82) is 0 Å². The number of ether oxygens (including phenoxy) is 1. The van der Waals surface area contributed by atoms with Crippen molar-refractivity contribution in [2.24, 2.45) is 0 Å². The Morgan fingerprint density at radius 3 is 3.09 bits per heavy atom. The van der Waals surface area contributed by atoms with Gasteiger partial charge in [0.2, 0.25) is 0 Å². The van der Waals surface area contributed by atoms with Crippen LogP contribution in [0, 0.1) is 0 Å². The van der Waals surface area contributed by atoms with Crippen LogP contribution in [0.25, 0.3) is 0 Å². The Morgan fingerprint density at radius 1 is 1.36 bits per heavy atom. The molecule has 2 rings (SSSR count). The molecule has 2 N–H and O–H groups in total. The Hall–Kier alpha value is -1.18. The van der Waals surface area contributed by atoms with E-state index in [4.69, 9.17) is 10.5 Å². The highest BCUT2D eigenvalue weighted by molar-refractivity contribution is 5.57. The monoisotopic (exact) mass is 149 g/mol. The van der Waals surface area contributed by atoms with Crippen LogP contribution in [0.2, 0.25) is 0 Å². The van der Waals surface area contributed by atoms with Gasteiger partial charge in [-0.2, -0.15) is 0 Å². The molecule has 11 heavy (non-hydrogen) atoms. The predicted octanol–water partition coefficient (Wildman–Crippen LogP) is 1.59. The van der Waals surface area contributed by atoms with E-state index >= 15 is 0 Å². The van der Waals surface area contributed by atoms with Gasteiger partial charge < -0.3 is 10.5 Å². The second kappa shape index (κ2) is 2.46. The second-order valence-electron chi connectivity index (χ2n) is 2.79. The van der Waals surface area contributed by atoms with Crippen LogP contribution in [0.1, 0.15) is 12.0 Å². The van der Waals surface area contributed by atoms with Crippen molar-refractivity contribution in [3.05, 3.63) is 23.8 Å². The summed E-state index contributed by atoms with van der Waals surface area (Å²) in [5, 5.41) is 0. The fraction of sp³-hybridized carbons (Fsp3) is 0.333. The Kier molecular flexibility index (Phi) is 1.46. The average molecular weight is 149 g/mol. The fourth-order valence-electron chi connectivity index (χ4n) is 1.41. The summed E-state index contributed by atoms with van der Waals surface area (Å²) >= 11 is 0. The van der Waals surface area contributed by atoms with Gasteiger partial charge in [-0.3, -0.25) is 0 Å². The SMILES string of the molecule is Nc1cccc2c1OCCC2. The third-order valence-electron chi connectivity index (χ3n) is 1.96. The molecule has 1 aliphatic heterocycles. The van der Waals surface area contributed by atoms with Gasteiger partial charge in [0.05, 0.1) is 12.3 Å². The number of anilines is 1. The number of aryl methyl sites for hydroxylation is 1. The first-order chi connectivity index (χ1) is 5.38. The zero-order valence-electron chi connectivity index (χ0n) is 6.34. The molecule has 0 fully saturated rings. The van der Waals surface area contributed by atoms with Crippen molar-refractivity contribution in [2.45, 2.75) is 12.8 Å². The Morgan fingerprint density at radius 2 is 2.27 bits per heavy atom.